The molecule has 0 bridgehead atoms. The van der Waals surface area contributed by atoms with Crippen LogP contribution in [0.15, 0.2) is 18.0 Å². The maximum Gasteiger partial charge on any atom is 0.165 e. The number of rotatable bonds is 2. The minimum absolute atomic E-state index is 0.310. The molecule has 2 aromatic heterocycles. The van der Waals surface area contributed by atoms with E-state index in [-0.39, 0.29) is 6.61 Å². The Morgan fingerprint density at radius 1 is 1.35 bits per heavy atom. The molecule has 0 unspecified atom stereocenters. The van der Waals surface area contributed by atoms with E-state index < -0.39 is 18.2 Å². The lowest BCUT2D eigenvalue weighted by molar-refractivity contribution is 0.0264. The maximum absolute atomic E-state index is 10.1. The van der Waals surface area contributed by atoms with Gasteiger partial charge in [0.15, 0.2) is 5.65 Å². The molecule has 2 aromatic rings. The standard InChI is InChI=1S/C11H12IN5O3/c12-9-6-10(13)14-3-15-11(6)17(16-9)5-1-4(2-18)7(19)8(5)20/h1,3,5,7-8,18-20H,2H2,(H2,13,14,15)/t5-,7-,8+/m1/s1. The van der Waals surface area contributed by atoms with E-state index >= 15 is 0 Å². The van der Waals surface area contributed by atoms with E-state index in [0.717, 1.165) is 0 Å². The third-order valence-corrected chi connectivity index (χ3v) is 4.13. The molecule has 3 atom stereocenters. The lowest BCUT2D eigenvalue weighted by Gasteiger charge is -2.17. The van der Waals surface area contributed by atoms with Crippen LogP contribution in [0.2, 0.25) is 0 Å². The van der Waals surface area contributed by atoms with Crippen molar-refractivity contribution >= 4 is 39.4 Å². The topological polar surface area (TPSA) is 130 Å². The lowest BCUT2D eigenvalue weighted by atomic mass is 10.1. The molecule has 8 nitrogen and oxygen atoms in total. The first-order chi connectivity index (χ1) is 9.54. The molecule has 5 N–H and O–H groups in total. The molecule has 0 saturated carbocycles. The molecule has 1 aliphatic carbocycles. The monoisotopic (exact) mass is 389 g/mol. The van der Waals surface area contributed by atoms with Gasteiger partial charge in [-0.3, -0.25) is 0 Å². The van der Waals surface area contributed by atoms with Crippen molar-refractivity contribution in [3.8, 4) is 0 Å². The van der Waals surface area contributed by atoms with Gasteiger partial charge in [-0.15, -0.1) is 0 Å². The first-order valence-electron chi connectivity index (χ1n) is 5.86. The molecular formula is C11H12IN5O3. The summed E-state index contributed by atoms with van der Waals surface area (Å²) in [7, 11) is 0. The summed E-state index contributed by atoms with van der Waals surface area (Å²) in [5.74, 6) is 0.310. The van der Waals surface area contributed by atoms with Crippen LogP contribution in [0, 0.1) is 3.70 Å². The van der Waals surface area contributed by atoms with E-state index in [4.69, 9.17) is 10.8 Å². The molecule has 20 heavy (non-hydrogen) atoms. The number of nitrogens with two attached hydrogens (primary N) is 1. The van der Waals surface area contributed by atoms with Gasteiger partial charge in [0.2, 0.25) is 0 Å². The number of nitrogens with zero attached hydrogens (tertiary/aromatic N) is 4. The average molecular weight is 389 g/mol. The van der Waals surface area contributed by atoms with E-state index in [1.54, 1.807) is 6.08 Å². The van der Waals surface area contributed by atoms with Crippen LogP contribution in [0.25, 0.3) is 11.0 Å². The third kappa shape index (κ3) is 1.89. The van der Waals surface area contributed by atoms with Crippen LogP contribution in [0.1, 0.15) is 6.04 Å². The average Bonchev–Trinajstić information content (AvgIpc) is 2.90. The Bertz CT molecular complexity index is 701. The molecule has 2 heterocycles. The summed E-state index contributed by atoms with van der Waals surface area (Å²) >= 11 is 2.01. The molecular weight excluding hydrogens is 377 g/mol. The van der Waals surface area contributed by atoms with Crippen molar-refractivity contribution in [3.05, 3.63) is 21.7 Å². The van der Waals surface area contributed by atoms with Crippen LogP contribution in [-0.2, 0) is 0 Å². The molecule has 0 radical (unpaired) electrons. The van der Waals surface area contributed by atoms with Crippen LogP contribution < -0.4 is 5.73 Å². The van der Waals surface area contributed by atoms with Gasteiger partial charge in [0, 0.05) is 0 Å². The summed E-state index contributed by atoms with van der Waals surface area (Å²) in [5.41, 5.74) is 6.65. The number of halogens is 1. The predicted molar refractivity (Wildman–Crippen MR) is 78.7 cm³/mol. The maximum atomic E-state index is 10.1. The molecule has 3 rings (SSSR count). The van der Waals surface area contributed by atoms with E-state index in [1.807, 2.05) is 22.6 Å². The zero-order valence-electron chi connectivity index (χ0n) is 10.2. The van der Waals surface area contributed by atoms with Gasteiger partial charge >= 0.3 is 0 Å². The fraction of sp³-hybridized carbons (Fsp3) is 0.364. The highest BCUT2D eigenvalue weighted by Crippen LogP contribution is 2.33. The van der Waals surface area contributed by atoms with Crippen molar-refractivity contribution in [1.82, 2.24) is 19.7 Å². The predicted octanol–water partition coefficient (Wildman–Crippen LogP) is -0.792. The van der Waals surface area contributed by atoms with E-state index in [9.17, 15) is 10.2 Å². The molecule has 0 saturated heterocycles. The largest absolute Gasteiger partial charge is 0.392 e. The Kier molecular flexibility index (Phi) is 3.36. The molecule has 0 aromatic carbocycles. The highest BCUT2D eigenvalue weighted by Gasteiger charge is 2.37. The van der Waals surface area contributed by atoms with Gasteiger partial charge in [0.05, 0.1) is 12.0 Å². The Hall–Kier alpha value is -1.30. The zero-order valence-corrected chi connectivity index (χ0v) is 12.3. The van der Waals surface area contributed by atoms with E-state index in [2.05, 4.69) is 15.1 Å². The van der Waals surface area contributed by atoms with Gasteiger partial charge in [0.25, 0.3) is 0 Å². The summed E-state index contributed by atoms with van der Waals surface area (Å²) in [4.78, 5) is 8.05. The lowest BCUT2D eigenvalue weighted by Crippen LogP contribution is -2.30. The van der Waals surface area contributed by atoms with Gasteiger partial charge in [-0.1, -0.05) is 6.08 Å². The van der Waals surface area contributed by atoms with Crippen molar-refractivity contribution in [2.75, 3.05) is 12.3 Å². The van der Waals surface area contributed by atoms with Crippen LogP contribution >= 0.6 is 22.6 Å². The van der Waals surface area contributed by atoms with Crippen molar-refractivity contribution in [2.45, 2.75) is 18.2 Å². The van der Waals surface area contributed by atoms with Gasteiger partial charge in [-0.2, -0.15) is 5.10 Å². The second-order valence-electron chi connectivity index (χ2n) is 4.52. The summed E-state index contributed by atoms with van der Waals surface area (Å²) < 4.78 is 2.11. The molecule has 0 spiro atoms. The Balaban J connectivity index is 2.17. The van der Waals surface area contributed by atoms with Gasteiger partial charge in [0.1, 0.15) is 34.1 Å². The molecule has 0 aliphatic heterocycles. The van der Waals surface area contributed by atoms with Gasteiger partial charge < -0.3 is 21.1 Å². The van der Waals surface area contributed by atoms with Crippen molar-refractivity contribution in [2.24, 2.45) is 0 Å². The fourth-order valence-electron chi connectivity index (χ4n) is 2.34. The number of aliphatic hydroxyl groups excluding tert-OH is 3. The molecule has 106 valence electrons. The van der Waals surface area contributed by atoms with Crippen molar-refractivity contribution in [1.29, 1.82) is 0 Å². The first-order valence-corrected chi connectivity index (χ1v) is 6.94. The summed E-state index contributed by atoms with van der Waals surface area (Å²) in [6.07, 6.45) is 0.713. The van der Waals surface area contributed by atoms with Gasteiger partial charge in [-0.25, -0.2) is 14.6 Å². The number of anilines is 1. The van der Waals surface area contributed by atoms with Crippen LogP contribution in [0.3, 0.4) is 0 Å². The molecule has 1 aliphatic rings. The minimum Gasteiger partial charge on any atom is -0.392 e. The highest BCUT2D eigenvalue weighted by molar-refractivity contribution is 14.1. The van der Waals surface area contributed by atoms with Crippen molar-refractivity contribution < 1.29 is 15.3 Å². The van der Waals surface area contributed by atoms with Gasteiger partial charge in [-0.05, 0) is 28.2 Å². The van der Waals surface area contributed by atoms with Crippen LogP contribution in [0.4, 0.5) is 5.82 Å². The van der Waals surface area contributed by atoms with E-state index in [1.165, 1.54) is 11.0 Å². The quantitative estimate of drug-likeness (QED) is 0.391. The van der Waals surface area contributed by atoms with E-state index in [0.29, 0.717) is 26.1 Å². The summed E-state index contributed by atoms with van der Waals surface area (Å²) in [6, 6.07) is -0.604. The molecule has 9 heteroatoms. The SMILES string of the molecule is Nc1ncnc2c1c(I)nn2[C@@H]1C=C(CO)[C@@H](O)[C@H]1O. The number of hydrogen-bond donors (Lipinski definition) is 4. The number of aromatic nitrogens is 4. The second kappa shape index (κ2) is 4.91. The highest BCUT2D eigenvalue weighted by atomic mass is 127. The summed E-state index contributed by atoms with van der Waals surface area (Å²) in [6.45, 7) is -0.317. The van der Waals surface area contributed by atoms with Crippen LogP contribution in [-0.4, -0.2) is 53.9 Å². The summed E-state index contributed by atoms with van der Waals surface area (Å²) in [5, 5.41) is 34.0. The Labute approximate surface area is 127 Å². The zero-order chi connectivity index (χ0) is 14.4. The second-order valence-corrected chi connectivity index (χ2v) is 5.54. The van der Waals surface area contributed by atoms with Crippen LogP contribution in [0.5, 0.6) is 0 Å². The third-order valence-electron chi connectivity index (χ3n) is 3.38. The Morgan fingerprint density at radius 3 is 2.75 bits per heavy atom. The first kappa shape index (κ1) is 13.7. The Morgan fingerprint density at radius 2 is 2.10 bits per heavy atom. The molecule has 0 fully saturated rings. The minimum atomic E-state index is -1.11. The number of hydrogen-bond acceptors (Lipinski definition) is 7. The number of nitrogen functional groups attached to an aromatic ring is 1. The van der Waals surface area contributed by atoms with Crippen molar-refractivity contribution in [3.63, 3.8) is 0 Å². The fourth-order valence-corrected chi connectivity index (χ4v) is 3.09. The number of fused-ring (bicyclic) bond motifs is 1. The normalized spacial score (nSPS) is 26.2. The molecule has 0 amide bonds. The number of aliphatic hydroxyl groups is 3. The smallest absolute Gasteiger partial charge is 0.165 e.